The monoisotopic (exact) mass is 212 g/mol. The maximum atomic E-state index is 11.4. The van der Waals surface area contributed by atoms with Crippen LogP contribution in [0.4, 0.5) is 4.79 Å². The third-order valence-corrected chi connectivity index (χ3v) is 3.31. The molecule has 0 aromatic heterocycles. The van der Waals surface area contributed by atoms with Gasteiger partial charge >= 0.3 is 6.03 Å². The molecule has 2 amide bonds. The van der Waals surface area contributed by atoms with Crippen LogP contribution in [0.15, 0.2) is 0 Å². The van der Waals surface area contributed by atoms with Crippen molar-refractivity contribution in [2.75, 3.05) is 6.54 Å². The van der Waals surface area contributed by atoms with Crippen molar-refractivity contribution in [1.82, 2.24) is 10.6 Å². The van der Waals surface area contributed by atoms with E-state index in [-0.39, 0.29) is 6.03 Å². The summed E-state index contributed by atoms with van der Waals surface area (Å²) in [7, 11) is 0. The summed E-state index contributed by atoms with van der Waals surface area (Å²) in [6.07, 6.45) is 7.64. The third-order valence-electron chi connectivity index (χ3n) is 3.31. The van der Waals surface area contributed by atoms with E-state index < -0.39 is 0 Å². The number of urea groups is 1. The van der Waals surface area contributed by atoms with E-state index >= 15 is 0 Å². The lowest BCUT2D eigenvalue weighted by atomic mass is 9.83. The number of hydrogen-bond donors (Lipinski definition) is 2. The second-order valence-corrected chi connectivity index (χ2v) is 4.42. The van der Waals surface area contributed by atoms with Gasteiger partial charge in [0.2, 0.25) is 0 Å². The molecule has 2 N–H and O–H groups in total. The van der Waals surface area contributed by atoms with Crippen LogP contribution in [0.5, 0.6) is 0 Å². The van der Waals surface area contributed by atoms with E-state index in [1.807, 2.05) is 6.92 Å². The van der Waals surface area contributed by atoms with Gasteiger partial charge in [-0.1, -0.05) is 26.2 Å². The Morgan fingerprint density at radius 1 is 1.27 bits per heavy atom. The van der Waals surface area contributed by atoms with Crippen LogP contribution in [0.2, 0.25) is 0 Å². The first kappa shape index (κ1) is 12.3. The first-order chi connectivity index (χ1) is 7.27. The predicted octanol–water partition coefficient (Wildman–Crippen LogP) is 2.66. The van der Waals surface area contributed by atoms with Gasteiger partial charge in [-0.25, -0.2) is 4.79 Å². The Hall–Kier alpha value is -0.730. The molecule has 0 saturated heterocycles. The lowest BCUT2D eigenvalue weighted by Crippen LogP contribution is -2.45. The highest BCUT2D eigenvalue weighted by Crippen LogP contribution is 2.27. The Morgan fingerprint density at radius 3 is 2.47 bits per heavy atom. The smallest absolute Gasteiger partial charge is 0.315 e. The predicted molar refractivity (Wildman–Crippen MR) is 62.9 cm³/mol. The molecule has 1 aliphatic rings. The van der Waals surface area contributed by atoms with Crippen molar-refractivity contribution in [3.63, 3.8) is 0 Å². The van der Waals surface area contributed by atoms with Crippen LogP contribution >= 0.6 is 0 Å². The van der Waals surface area contributed by atoms with Gasteiger partial charge < -0.3 is 10.6 Å². The van der Waals surface area contributed by atoms with Crippen LogP contribution in [-0.2, 0) is 0 Å². The normalized spacial score (nSPS) is 19.6. The standard InChI is InChI=1S/C12H24N2O/c1-3-11(14-12(15)13-4-2)10-8-6-5-7-9-10/h10-11H,3-9H2,1-2H3,(H2,13,14,15). The highest BCUT2D eigenvalue weighted by Gasteiger charge is 2.23. The maximum Gasteiger partial charge on any atom is 0.315 e. The number of nitrogens with one attached hydrogen (secondary N) is 2. The summed E-state index contributed by atoms with van der Waals surface area (Å²) in [5.74, 6) is 0.700. The van der Waals surface area contributed by atoms with Gasteiger partial charge in [0.1, 0.15) is 0 Å². The van der Waals surface area contributed by atoms with Gasteiger partial charge in [-0.15, -0.1) is 0 Å². The lowest BCUT2D eigenvalue weighted by Gasteiger charge is -2.30. The van der Waals surface area contributed by atoms with Gasteiger partial charge in [-0.3, -0.25) is 0 Å². The largest absolute Gasteiger partial charge is 0.338 e. The van der Waals surface area contributed by atoms with Gasteiger partial charge in [0.25, 0.3) is 0 Å². The average molecular weight is 212 g/mol. The fourth-order valence-electron chi connectivity index (χ4n) is 2.47. The summed E-state index contributed by atoms with van der Waals surface area (Å²) < 4.78 is 0. The molecule has 1 rings (SSSR count). The minimum Gasteiger partial charge on any atom is -0.338 e. The second kappa shape index (κ2) is 6.70. The molecule has 88 valence electrons. The van der Waals surface area contributed by atoms with E-state index in [0.29, 0.717) is 18.5 Å². The molecule has 1 fully saturated rings. The molecule has 0 bridgehead atoms. The molecule has 15 heavy (non-hydrogen) atoms. The van der Waals surface area contributed by atoms with Crippen LogP contribution in [0.3, 0.4) is 0 Å². The molecule has 1 saturated carbocycles. The second-order valence-electron chi connectivity index (χ2n) is 4.42. The van der Waals surface area contributed by atoms with Crippen LogP contribution in [0.25, 0.3) is 0 Å². The van der Waals surface area contributed by atoms with Crippen molar-refractivity contribution in [2.45, 2.75) is 58.4 Å². The molecule has 0 spiro atoms. The first-order valence-corrected chi connectivity index (χ1v) is 6.32. The van der Waals surface area contributed by atoms with E-state index in [1.54, 1.807) is 0 Å². The Morgan fingerprint density at radius 2 is 1.93 bits per heavy atom. The van der Waals surface area contributed by atoms with Crippen LogP contribution in [0, 0.1) is 5.92 Å². The highest BCUT2D eigenvalue weighted by molar-refractivity contribution is 5.74. The average Bonchev–Trinajstić information content (AvgIpc) is 2.27. The summed E-state index contributed by atoms with van der Waals surface area (Å²) in [6, 6.07) is 0.367. The molecule has 0 aromatic rings. The molecule has 0 heterocycles. The summed E-state index contributed by atoms with van der Waals surface area (Å²) in [5.41, 5.74) is 0. The van der Waals surface area contributed by atoms with Gasteiger partial charge in [0, 0.05) is 12.6 Å². The summed E-state index contributed by atoms with van der Waals surface area (Å²) >= 11 is 0. The summed E-state index contributed by atoms with van der Waals surface area (Å²) in [6.45, 7) is 4.81. The fraction of sp³-hybridized carbons (Fsp3) is 0.917. The number of rotatable bonds is 4. The SMILES string of the molecule is CCNC(=O)NC(CC)C1CCCCC1. The number of carbonyl (C=O) groups is 1. The van der Waals surface area contributed by atoms with E-state index in [2.05, 4.69) is 17.6 Å². The molecule has 3 nitrogen and oxygen atoms in total. The quantitative estimate of drug-likeness (QED) is 0.739. The number of hydrogen-bond acceptors (Lipinski definition) is 1. The van der Waals surface area contributed by atoms with Crippen molar-refractivity contribution in [3.05, 3.63) is 0 Å². The van der Waals surface area contributed by atoms with Crippen molar-refractivity contribution in [2.24, 2.45) is 5.92 Å². The van der Waals surface area contributed by atoms with Gasteiger partial charge in [0.15, 0.2) is 0 Å². The molecule has 0 aromatic carbocycles. The zero-order valence-corrected chi connectivity index (χ0v) is 10.0. The lowest BCUT2D eigenvalue weighted by molar-refractivity contribution is 0.220. The van der Waals surface area contributed by atoms with Crippen molar-refractivity contribution in [1.29, 1.82) is 0 Å². The number of carbonyl (C=O) groups excluding carboxylic acids is 1. The molecular formula is C12H24N2O. The zero-order valence-electron chi connectivity index (χ0n) is 10.0. The molecule has 3 heteroatoms. The molecular weight excluding hydrogens is 188 g/mol. The number of amides is 2. The Balaban J connectivity index is 2.36. The van der Waals surface area contributed by atoms with Crippen LogP contribution in [-0.4, -0.2) is 18.6 Å². The van der Waals surface area contributed by atoms with Crippen LogP contribution in [0.1, 0.15) is 52.4 Å². The molecule has 0 radical (unpaired) electrons. The molecule has 1 aliphatic carbocycles. The van der Waals surface area contributed by atoms with E-state index in [4.69, 9.17) is 0 Å². The molecule has 1 atom stereocenters. The van der Waals surface area contributed by atoms with Gasteiger partial charge in [0.05, 0.1) is 0 Å². The molecule has 1 unspecified atom stereocenters. The van der Waals surface area contributed by atoms with E-state index in [0.717, 1.165) is 6.42 Å². The minimum absolute atomic E-state index is 0.00470. The maximum absolute atomic E-state index is 11.4. The minimum atomic E-state index is -0.00470. The summed E-state index contributed by atoms with van der Waals surface area (Å²) in [4.78, 5) is 11.4. The Labute approximate surface area is 93.0 Å². The van der Waals surface area contributed by atoms with Crippen molar-refractivity contribution in [3.8, 4) is 0 Å². The topological polar surface area (TPSA) is 41.1 Å². The fourth-order valence-corrected chi connectivity index (χ4v) is 2.47. The molecule has 0 aliphatic heterocycles. The summed E-state index contributed by atoms with van der Waals surface area (Å²) in [5, 5.41) is 5.89. The van der Waals surface area contributed by atoms with E-state index in [1.165, 1.54) is 32.1 Å². The van der Waals surface area contributed by atoms with Gasteiger partial charge in [-0.05, 0) is 32.1 Å². The zero-order chi connectivity index (χ0) is 11.1. The highest BCUT2D eigenvalue weighted by atomic mass is 16.2. The van der Waals surface area contributed by atoms with E-state index in [9.17, 15) is 4.79 Å². The Bertz CT molecular complexity index is 188. The Kier molecular flexibility index (Phi) is 5.51. The van der Waals surface area contributed by atoms with Gasteiger partial charge in [-0.2, -0.15) is 0 Å². The van der Waals surface area contributed by atoms with Crippen LogP contribution < -0.4 is 10.6 Å². The van der Waals surface area contributed by atoms with Crippen molar-refractivity contribution >= 4 is 6.03 Å². The van der Waals surface area contributed by atoms with Crippen molar-refractivity contribution < 1.29 is 4.79 Å². The first-order valence-electron chi connectivity index (χ1n) is 6.32. The third kappa shape index (κ3) is 4.10.